The van der Waals surface area contributed by atoms with Gasteiger partial charge in [0.2, 0.25) is 12.0 Å². The summed E-state index contributed by atoms with van der Waals surface area (Å²) in [4.78, 5) is 12.2. The molecule has 0 spiro atoms. The zero-order valence-electron chi connectivity index (χ0n) is 19.9. The smallest absolute Gasteiger partial charge is 0.382 e. The van der Waals surface area contributed by atoms with Gasteiger partial charge in [0.05, 0.1) is 12.0 Å². The Balaban J connectivity index is 1.79. The molecule has 0 amide bonds. The molecule has 1 aliphatic rings. The Hall–Kier alpha value is -2.89. The van der Waals surface area contributed by atoms with Crippen LogP contribution in [0.25, 0.3) is 11.0 Å². The van der Waals surface area contributed by atoms with Crippen molar-refractivity contribution in [2.75, 3.05) is 13.2 Å². The van der Waals surface area contributed by atoms with Crippen molar-refractivity contribution in [2.45, 2.75) is 64.3 Å². The Kier molecular flexibility index (Phi) is 8.92. The summed E-state index contributed by atoms with van der Waals surface area (Å²) in [6.45, 7) is 5.79. The number of aliphatic hydroxyl groups is 4. The van der Waals surface area contributed by atoms with Gasteiger partial charge in [-0.3, -0.25) is 0 Å². The normalized spacial score (nSPS) is 24.9. The number of benzene rings is 1. The van der Waals surface area contributed by atoms with Gasteiger partial charge in [0.1, 0.15) is 42.4 Å². The van der Waals surface area contributed by atoms with Crippen LogP contribution in [0, 0.1) is 0 Å². The summed E-state index contributed by atoms with van der Waals surface area (Å²) in [5.41, 5.74) is 1.40. The van der Waals surface area contributed by atoms with E-state index in [0.717, 1.165) is 12.8 Å². The van der Waals surface area contributed by atoms with Crippen molar-refractivity contribution < 1.29 is 44.2 Å². The molecule has 10 heteroatoms. The van der Waals surface area contributed by atoms with E-state index in [-0.39, 0.29) is 16.7 Å². The van der Waals surface area contributed by atoms with Crippen LogP contribution in [0.4, 0.5) is 0 Å². The molecule has 1 fully saturated rings. The number of allylic oxidation sites excluding steroid dienone is 3. The van der Waals surface area contributed by atoms with Gasteiger partial charge in [-0.05, 0) is 51.8 Å². The summed E-state index contributed by atoms with van der Waals surface area (Å²) in [7, 11) is 0. The maximum Gasteiger partial charge on any atom is 0.382 e. The van der Waals surface area contributed by atoms with Crippen molar-refractivity contribution in [1.82, 2.24) is 0 Å². The summed E-state index contributed by atoms with van der Waals surface area (Å²) < 4.78 is 21.7. The zero-order valence-corrected chi connectivity index (χ0v) is 19.9. The molecule has 0 bridgehead atoms. The van der Waals surface area contributed by atoms with E-state index in [1.165, 1.54) is 23.3 Å². The highest BCUT2D eigenvalue weighted by molar-refractivity contribution is 5.86. The SMILES string of the molecule is CC(C)=CCCC(C)=CCOc1ccc2c(O[C@@H]3O[C@H](CO)[C@@H](O)[C@H](O)[C@H]3O)c(O)c(=O)oc2c1. The fraction of sp³-hybridized carbons (Fsp3) is 0.480. The molecule has 1 aliphatic heterocycles. The molecule has 35 heavy (non-hydrogen) atoms. The second-order valence-corrected chi connectivity index (χ2v) is 8.72. The molecule has 5 atom stereocenters. The van der Waals surface area contributed by atoms with Crippen LogP contribution in [-0.2, 0) is 4.74 Å². The maximum absolute atomic E-state index is 12.2. The lowest BCUT2D eigenvalue weighted by Crippen LogP contribution is -2.60. The number of ether oxygens (including phenoxy) is 3. The molecule has 1 aromatic heterocycles. The van der Waals surface area contributed by atoms with Gasteiger partial charge >= 0.3 is 5.63 Å². The lowest BCUT2D eigenvalue weighted by Gasteiger charge is -2.39. The van der Waals surface area contributed by atoms with Gasteiger partial charge in [-0.1, -0.05) is 17.2 Å². The minimum atomic E-state index is -1.72. The van der Waals surface area contributed by atoms with Crippen LogP contribution in [0.3, 0.4) is 0 Å². The monoisotopic (exact) mass is 492 g/mol. The average molecular weight is 493 g/mol. The molecule has 0 aliphatic carbocycles. The minimum absolute atomic E-state index is 0.0501. The summed E-state index contributed by atoms with van der Waals surface area (Å²) in [6, 6.07) is 4.55. The average Bonchev–Trinajstić information content (AvgIpc) is 2.81. The highest BCUT2D eigenvalue weighted by Gasteiger charge is 2.45. The van der Waals surface area contributed by atoms with E-state index in [1.807, 2.05) is 13.0 Å². The van der Waals surface area contributed by atoms with Crippen LogP contribution in [0.2, 0.25) is 0 Å². The molecule has 192 valence electrons. The van der Waals surface area contributed by atoms with Crippen LogP contribution in [-0.4, -0.2) is 69.5 Å². The Morgan fingerprint density at radius 2 is 1.83 bits per heavy atom. The van der Waals surface area contributed by atoms with Gasteiger partial charge in [0.15, 0.2) is 5.75 Å². The summed E-state index contributed by atoms with van der Waals surface area (Å²) in [5, 5.41) is 49.9. The van der Waals surface area contributed by atoms with E-state index in [2.05, 4.69) is 19.9 Å². The first kappa shape index (κ1) is 26.7. The Labute approximate surface area is 202 Å². The van der Waals surface area contributed by atoms with Crippen molar-refractivity contribution >= 4 is 11.0 Å². The number of aromatic hydroxyl groups is 1. The van der Waals surface area contributed by atoms with Crippen molar-refractivity contribution in [3.05, 3.63) is 51.9 Å². The van der Waals surface area contributed by atoms with E-state index >= 15 is 0 Å². The molecule has 0 radical (unpaired) electrons. The predicted octanol–water partition coefficient (Wildman–Crippen LogP) is 1.75. The third-order valence-corrected chi connectivity index (χ3v) is 5.66. The molecule has 2 aromatic rings. The van der Waals surface area contributed by atoms with E-state index in [1.54, 1.807) is 6.07 Å². The zero-order chi connectivity index (χ0) is 25.7. The molecule has 0 unspecified atom stereocenters. The summed E-state index contributed by atoms with van der Waals surface area (Å²) in [6.07, 6.45) is -1.78. The van der Waals surface area contributed by atoms with E-state index < -0.39 is 48.7 Å². The lowest BCUT2D eigenvalue weighted by molar-refractivity contribution is -0.277. The van der Waals surface area contributed by atoms with E-state index in [0.29, 0.717) is 12.4 Å². The Bertz CT molecular complexity index is 1130. The summed E-state index contributed by atoms with van der Waals surface area (Å²) in [5.74, 6) is -0.793. The van der Waals surface area contributed by atoms with Crippen LogP contribution in [0.15, 0.2) is 50.7 Å². The quantitative estimate of drug-likeness (QED) is 0.258. The summed E-state index contributed by atoms with van der Waals surface area (Å²) >= 11 is 0. The molecular formula is C25H32O10. The van der Waals surface area contributed by atoms with E-state index in [9.17, 15) is 30.3 Å². The second-order valence-electron chi connectivity index (χ2n) is 8.72. The third-order valence-electron chi connectivity index (χ3n) is 5.66. The van der Waals surface area contributed by atoms with Crippen LogP contribution in [0.1, 0.15) is 33.6 Å². The van der Waals surface area contributed by atoms with Gasteiger partial charge in [-0.25, -0.2) is 4.79 Å². The first-order chi connectivity index (χ1) is 16.6. The molecule has 10 nitrogen and oxygen atoms in total. The Morgan fingerprint density at radius 1 is 1.09 bits per heavy atom. The topological polar surface area (TPSA) is 159 Å². The molecular weight excluding hydrogens is 460 g/mol. The fourth-order valence-corrected chi connectivity index (χ4v) is 3.60. The van der Waals surface area contributed by atoms with Crippen molar-refractivity contribution in [3.8, 4) is 17.2 Å². The van der Waals surface area contributed by atoms with E-state index in [4.69, 9.17) is 18.6 Å². The van der Waals surface area contributed by atoms with Gasteiger partial charge in [0, 0.05) is 6.07 Å². The number of hydrogen-bond donors (Lipinski definition) is 5. The molecule has 3 rings (SSSR count). The number of fused-ring (bicyclic) bond motifs is 1. The molecule has 1 saturated heterocycles. The van der Waals surface area contributed by atoms with Gasteiger partial charge in [0.25, 0.3) is 0 Å². The first-order valence-electron chi connectivity index (χ1n) is 11.3. The highest BCUT2D eigenvalue weighted by Crippen LogP contribution is 2.36. The molecule has 5 N–H and O–H groups in total. The first-order valence-corrected chi connectivity index (χ1v) is 11.3. The second kappa shape index (κ2) is 11.7. The number of rotatable bonds is 9. The van der Waals surface area contributed by atoms with Crippen LogP contribution in [0.5, 0.6) is 17.2 Å². The number of aliphatic hydroxyl groups excluding tert-OH is 4. The largest absolute Gasteiger partial charge is 0.499 e. The van der Waals surface area contributed by atoms with Gasteiger partial charge in [-0.2, -0.15) is 0 Å². The molecule has 2 heterocycles. The highest BCUT2D eigenvalue weighted by atomic mass is 16.7. The van der Waals surface area contributed by atoms with Crippen molar-refractivity contribution in [1.29, 1.82) is 0 Å². The number of hydrogen-bond acceptors (Lipinski definition) is 10. The predicted molar refractivity (Wildman–Crippen MR) is 126 cm³/mol. The molecule has 0 saturated carbocycles. The van der Waals surface area contributed by atoms with Crippen molar-refractivity contribution in [2.24, 2.45) is 0 Å². The lowest BCUT2D eigenvalue weighted by atomic mass is 9.99. The van der Waals surface area contributed by atoms with Crippen molar-refractivity contribution in [3.63, 3.8) is 0 Å². The Morgan fingerprint density at radius 3 is 2.51 bits per heavy atom. The van der Waals surface area contributed by atoms with Crippen LogP contribution >= 0.6 is 0 Å². The standard InChI is InChI=1S/C25H32O10/c1-13(2)5-4-6-14(3)9-10-32-15-7-8-16-17(11-15)33-24(31)22(30)23(16)35-25-21(29)20(28)19(27)18(12-26)34-25/h5,7-9,11,18-21,25-30H,4,6,10,12H2,1-3H3/t18-,19-,20+,21-,25+/m1/s1. The van der Waals surface area contributed by atoms with Crippen LogP contribution < -0.4 is 15.1 Å². The molecule has 1 aromatic carbocycles. The van der Waals surface area contributed by atoms with Gasteiger partial charge in [-0.15, -0.1) is 0 Å². The fourth-order valence-electron chi connectivity index (χ4n) is 3.60. The van der Waals surface area contributed by atoms with Gasteiger partial charge < -0.3 is 44.2 Å². The minimum Gasteiger partial charge on any atom is -0.499 e. The third kappa shape index (κ3) is 6.41. The maximum atomic E-state index is 12.2.